The molecular formula is C13H16BrNO. The predicted molar refractivity (Wildman–Crippen MR) is 70.6 cm³/mol. The number of nitrogens with one attached hydrogen (secondary N) is 1. The fraction of sp³-hybridized carbons (Fsp3) is 0.385. The molecule has 1 N–H and O–H groups in total. The monoisotopic (exact) mass is 281 g/mol. The van der Waals surface area contributed by atoms with Crippen molar-refractivity contribution in [3.8, 4) is 17.6 Å². The van der Waals surface area contributed by atoms with E-state index in [0.717, 1.165) is 16.6 Å². The van der Waals surface area contributed by atoms with Crippen LogP contribution < -0.4 is 10.1 Å². The summed E-state index contributed by atoms with van der Waals surface area (Å²) in [4.78, 5) is 0. The van der Waals surface area contributed by atoms with Crippen molar-refractivity contribution in [1.82, 2.24) is 5.32 Å². The third-order valence-electron chi connectivity index (χ3n) is 2.41. The zero-order chi connectivity index (χ0) is 12.0. The molecular weight excluding hydrogens is 266 g/mol. The van der Waals surface area contributed by atoms with E-state index in [1.807, 2.05) is 20.0 Å². The summed E-state index contributed by atoms with van der Waals surface area (Å²) in [6.07, 6.45) is 0.811. The number of hydrogen-bond donors (Lipinski definition) is 1. The molecule has 1 atom stereocenters. The van der Waals surface area contributed by atoms with Crippen molar-refractivity contribution < 1.29 is 4.74 Å². The van der Waals surface area contributed by atoms with Gasteiger partial charge < -0.3 is 10.1 Å². The van der Waals surface area contributed by atoms with E-state index in [2.05, 4.69) is 45.2 Å². The highest BCUT2D eigenvalue weighted by Gasteiger charge is 2.09. The quantitative estimate of drug-likeness (QED) is 0.857. The Morgan fingerprint density at radius 3 is 2.75 bits per heavy atom. The van der Waals surface area contributed by atoms with Crippen LogP contribution in [0, 0.1) is 11.8 Å². The number of halogens is 1. The second kappa shape index (κ2) is 6.57. The largest absolute Gasteiger partial charge is 0.496 e. The van der Waals surface area contributed by atoms with Crippen LogP contribution >= 0.6 is 15.9 Å². The van der Waals surface area contributed by atoms with E-state index in [9.17, 15) is 0 Å². The minimum Gasteiger partial charge on any atom is -0.496 e. The van der Waals surface area contributed by atoms with Crippen LogP contribution in [0.5, 0.6) is 5.75 Å². The number of hydrogen-bond acceptors (Lipinski definition) is 2. The highest BCUT2D eigenvalue weighted by atomic mass is 79.9. The fourth-order valence-electron chi connectivity index (χ4n) is 1.49. The molecule has 0 heterocycles. The van der Waals surface area contributed by atoms with E-state index in [1.54, 1.807) is 7.11 Å². The van der Waals surface area contributed by atoms with Crippen LogP contribution in [0.15, 0.2) is 22.7 Å². The van der Waals surface area contributed by atoms with Gasteiger partial charge in [-0.2, -0.15) is 0 Å². The zero-order valence-electron chi connectivity index (χ0n) is 9.80. The molecule has 16 heavy (non-hydrogen) atoms. The van der Waals surface area contributed by atoms with E-state index >= 15 is 0 Å². The Morgan fingerprint density at radius 2 is 2.25 bits per heavy atom. The van der Waals surface area contributed by atoms with Crippen LogP contribution in [0.2, 0.25) is 0 Å². The molecule has 0 saturated carbocycles. The first-order valence-electron chi connectivity index (χ1n) is 5.13. The highest BCUT2D eigenvalue weighted by molar-refractivity contribution is 9.10. The summed E-state index contributed by atoms with van der Waals surface area (Å²) >= 11 is 3.48. The molecule has 2 nitrogen and oxygen atoms in total. The molecule has 1 aromatic rings. The maximum atomic E-state index is 5.20. The smallest absolute Gasteiger partial charge is 0.133 e. The standard InChI is InChI=1S/C13H16BrNO/c1-4-5-6-12(15-2)10-7-8-13(16-3)11(14)9-10/h7-9,12,15H,6H2,1-3H3. The van der Waals surface area contributed by atoms with Crippen LogP contribution in [0.1, 0.15) is 24.9 Å². The molecule has 0 aliphatic carbocycles. The van der Waals surface area contributed by atoms with E-state index in [4.69, 9.17) is 4.74 Å². The molecule has 1 aromatic carbocycles. The summed E-state index contributed by atoms with van der Waals surface area (Å²) < 4.78 is 6.17. The predicted octanol–water partition coefficient (Wildman–Crippen LogP) is 3.13. The Hall–Kier alpha value is -0.980. The summed E-state index contributed by atoms with van der Waals surface area (Å²) in [6, 6.07) is 6.34. The Labute approximate surface area is 106 Å². The first-order chi connectivity index (χ1) is 7.72. The summed E-state index contributed by atoms with van der Waals surface area (Å²) in [6.45, 7) is 1.86. The maximum absolute atomic E-state index is 5.20. The van der Waals surface area contributed by atoms with Gasteiger partial charge in [-0.3, -0.25) is 0 Å². The Kier molecular flexibility index (Phi) is 5.37. The third kappa shape index (κ3) is 3.26. The molecule has 1 unspecified atom stereocenters. The molecule has 0 saturated heterocycles. The van der Waals surface area contributed by atoms with Gasteiger partial charge in [0.1, 0.15) is 5.75 Å². The number of benzene rings is 1. The third-order valence-corrected chi connectivity index (χ3v) is 3.03. The fourth-order valence-corrected chi connectivity index (χ4v) is 2.05. The molecule has 0 amide bonds. The zero-order valence-corrected chi connectivity index (χ0v) is 11.4. The van der Waals surface area contributed by atoms with Crippen molar-refractivity contribution in [3.63, 3.8) is 0 Å². The topological polar surface area (TPSA) is 21.3 Å². The molecule has 0 radical (unpaired) electrons. The molecule has 0 aliphatic rings. The van der Waals surface area contributed by atoms with Gasteiger partial charge in [0, 0.05) is 12.5 Å². The second-order valence-electron chi connectivity index (χ2n) is 3.37. The van der Waals surface area contributed by atoms with E-state index in [-0.39, 0.29) is 6.04 Å². The summed E-state index contributed by atoms with van der Waals surface area (Å²) in [5, 5.41) is 3.25. The lowest BCUT2D eigenvalue weighted by molar-refractivity contribution is 0.411. The molecule has 0 aromatic heterocycles. The molecule has 0 bridgehead atoms. The summed E-state index contributed by atoms with van der Waals surface area (Å²) in [7, 11) is 3.61. The molecule has 1 rings (SSSR count). The van der Waals surface area contributed by atoms with Crippen molar-refractivity contribution in [3.05, 3.63) is 28.2 Å². The van der Waals surface area contributed by atoms with Crippen LogP contribution in [0.25, 0.3) is 0 Å². The molecule has 0 aliphatic heterocycles. The van der Waals surface area contributed by atoms with Gasteiger partial charge in [-0.25, -0.2) is 0 Å². The minimum absolute atomic E-state index is 0.259. The van der Waals surface area contributed by atoms with Crippen LogP contribution in [0.3, 0.4) is 0 Å². The van der Waals surface area contributed by atoms with Gasteiger partial charge in [-0.1, -0.05) is 6.07 Å². The van der Waals surface area contributed by atoms with Gasteiger partial charge in [0.2, 0.25) is 0 Å². The average molecular weight is 282 g/mol. The Balaban J connectivity index is 2.91. The van der Waals surface area contributed by atoms with Crippen molar-refractivity contribution in [2.45, 2.75) is 19.4 Å². The SMILES string of the molecule is CC#CCC(NC)c1ccc(OC)c(Br)c1. The second-order valence-corrected chi connectivity index (χ2v) is 4.22. The normalized spacial score (nSPS) is 11.5. The highest BCUT2D eigenvalue weighted by Crippen LogP contribution is 2.28. The van der Waals surface area contributed by atoms with Gasteiger partial charge in [0.05, 0.1) is 11.6 Å². The molecule has 3 heteroatoms. The van der Waals surface area contributed by atoms with E-state index in [0.29, 0.717) is 0 Å². The van der Waals surface area contributed by atoms with E-state index < -0.39 is 0 Å². The van der Waals surface area contributed by atoms with Gasteiger partial charge in [-0.05, 0) is 47.6 Å². The van der Waals surface area contributed by atoms with Gasteiger partial charge in [0.15, 0.2) is 0 Å². The first kappa shape index (κ1) is 13.1. The number of rotatable bonds is 4. The first-order valence-corrected chi connectivity index (χ1v) is 5.92. The lowest BCUT2D eigenvalue weighted by atomic mass is 10.0. The molecule has 0 fully saturated rings. The van der Waals surface area contributed by atoms with Crippen molar-refractivity contribution in [2.75, 3.05) is 14.2 Å². The van der Waals surface area contributed by atoms with Gasteiger partial charge in [0.25, 0.3) is 0 Å². The van der Waals surface area contributed by atoms with Gasteiger partial charge >= 0.3 is 0 Å². The van der Waals surface area contributed by atoms with Gasteiger partial charge in [-0.15, -0.1) is 11.8 Å². The maximum Gasteiger partial charge on any atom is 0.133 e. The van der Waals surface area contributed by atoms with Crippen LogP contribution in [-0.4, -0.2) is 14.2 Å². The van der Waals surface area contributed by atoms with Crippen molar-refractivity contribution in [2.24, 2.45) is 0 Å². The molecule has 86 valence electrons. The van der Waals surface area contributed by atoms with Crippen LogP contribution in [-0.2, 0) is 0 Å². The van der Waals surface area contributed by atoms with E-state index in [1.165, 1.54) is 5.56 Å². The lowest BCUT2D eigenvalue weighted by Gasteiger charge is -2.15. The Bertz CT molecular complexity index is 406. The van der Waals surface area contributed by atoms with Crippen LogP contribution in [0.4, 0.5) is 0 Å². The number of methoxy groups -OCH3 is 1. The molecule has 0 spiro atoms. The summed E-state index contributed by atoms with van der Waals surface area (Å²) in [5.74, 6) is 6.85. The van der Waals surface area contributed by atoms with Crippen molar-refractivity contribution in [1.29, 1.82) is 0 Å². The number of ether oxygens (including phenoxy) is 1. The van der Waals surface area contributed by atoms with Crippen molar-refractivity contribution >= 4 is 15.9 Å². The Morgan fingerprint density at radius 1 is 1.50 bits per heavy atom. The lowest BCUT2D eigenvalue weighted by Crippen LogP contribution is -2.15. The minimum atomic E-state index is 0.259. The summed E-state index contributed by atoms with van der Waals surface area (Å²) in [5.41, 5.74) is 1.21. The average Bonchev–Trinajstić information content (AvgIpc) is 2.30.